The lowest BCUT2D eigenvalue weighted by Crippen LogP contribution is -2.29. The number of aromatic nitrogens is 2. The van der Waals surface area contributed by atoms with Crippen LogP contribution in [0.2, 0.25) is 5.02 Å². The van der Waals surface area contributed by atoms with Gasteiger partial charge < -0.3 is 5.11 Å². The molecular weight excluding hydrogens is 480 g/mol. The van der Waals surface area contributed by atoms with E-state index >= 15 is 0 Å². The Morgan fingerprint density at radius 2 is 1.97 bits per heavy atom. The average Bonchev–Trinajstić information content (AvgIpc) is 3.37. The van der Waals surface area contributed by atoms with Gasteiger partial charge in [0, 0.05) is 35.1 Å². The molecule has 1 aliphatic heterocycles. The first kappa shape index (κ1) is 21.7. The molecule has 0 aliphatic carbocycles. The number of aliphatic hydroxyl groups excluding tert-OH is 1. The van der Waals surface area contributed by atoms with E-state index in [0.717, 1.165) is 11.3 Å². The Kier molecular flexibility index (Phi) is 5.31. The highest BCUT2D eigenvalue weighted by molar-refractivity contribution is 7.22. The van der Waals surface area contributed by atoms with Crippen LogP contribution in [0.5, 0.6) is 0 Å². The molecule has 4 aromatic rings. The number of ketones is 1. The molecule has 0 bridgehead atoms. The molecule has 1 unspecified atom stereocenters. The molecule has 1 N–H and O–H groups in total. The first-order chi connectivity index (χ1) is 16.3. The van der Waals surface area contributed by atoms with E-state index < -0.39 is 22.7 Å². The van der Waals surface area contributed by atoms with Crippen molar-refractivity contribution >= 4 is 61.4 Å². The molecule has 11 heteroatoms. The number of amides is 1. The molecule has 168 valence electrons. The van der Waals surface area contributed by atoms with Crippen molar-refractivity contribution in [3.63, 3.8) is 0 Å². The quantitative estimate of drug-likeness (QED) is 0.141. The van der Waals surface area contributed by atoms with Crippen LogP contribution in [0, 0.1) is 10.1 Å². The standard InChI is InChI=1S/C23H13ClN4O5S/c24-14-5-1-3-12(9-14)20(29)18-19(13-4-2-8-25-11-13)27(22(31)21(18)30)23-26-16-7-6-15(28(32)33)10-17(16)34-23/h1-11,19,29H/b20-18+. The number of carbonyl (C=O) groups is 2. The summed E-state index contributed by atoms with van der Waals surface area (Å²) in [6.45, 7) is 0. The lowest BCUT2D eigenvalue weighted by Gasteiger charge is -2.22. The Hall–Kier alpha value is -4.15. The maximum Gasteiger partial charge on any atom is 0.301 e. The predicted molar refractivity (Wildman–Crippen MR) is 127 cm³/mol. The molecule has 1 saturated heterocycles. The molecule has 2 aromatic heterocycles. The summed E-state index contributed by atoms with van der Waals surface area (Å²) < 4.78 is 0.478. The molecule has 3 heterocycles. The number of rotatable bonds is 4. The zero-order valence-electron chi connectivity index (χ0n) is 17.1. The lowest BCUT2D eigenvalue weighted by atomic mass is 9.96. The van der Waals surface area contributed by atoms with Crippen LogP contribution in [0.3, 0.4) is 0 Å². The van der Waals surface area contributed by atoms with E-state index in [-0.39, 0.29) is 27.7 Å². The minimum absolute atomic E-state index is 0.116. The van der Waals surface area contributed by atoms with E-state index in [4.69, 9.17) is 11.6 Å². The molecule has 1 fully saturated rings. The van der Waals surface area contributed by atoms with Crippen LogP contribution >= 0.6 is 22.9 Å². The van der Waals surface area contributed by atoms with Crippen LogP contribution in [-0.4, -0.2) is 31.7 Å². The van der Waals surface area contributed by atoms with E-state index in [9.17, 15) is 24.8 Å². The number of thiazole rings is 1. The largest absolute Gasteiger partial charge is 0.507 e. The number of halogens is 1. The highest BCUT2D eigenvalue weighted by Gasteiger charge is 2.48. The van der Waals surface area contributed by atoms with Gasteiger partial charge >= 0.3 is 5.91 Å². The first-order valence-electron chi connectivity index (χ1n) is 9.87. The molecule has 9 nitrogen and oxygen atoms in total. The zero-order chi connectivity index (χ0) is 24.0. The number of pyridine rings is 1. The number of fused-ring (bicyclic) bond motifs is 1. The fourth-order valence-electron chi connectivity index (χ4n) is 3.79. The normalized spacial score (nSPS) is 17.4. The van der Waals surface area contributed by atoms with Crippen LogP contribution in [-0.2, 0) is 9.59 Å². The van der Waals surface area contributed by atoms with E-state index in [0.29, 0.717) is 20.8 Å². The molecular formula is C23H13ClN4O5S. The number of aliphatic hydroxyl groups is 1. The van der Waals surface area contributed by atoms with Crippen molar-refractivity contribution in [2.75, 3.05) is 4.90 Å². The van der Waals surface area contributed by atoms with Crippen molar-refractivity contribution in [2.24, 2.45) is 0 Å². The van der Waals surface area contributed by atoms with Crippen molar-refractivity contribution < 1.29 is 19.6 Å². The van der Waals surface area contributed by atoms with Crippen LogP contribution < -0.4 is 4.90 Å². The number of hydrogen-bond acceptors (Lipinski definition) is 8. The van der Waals surface area contributed by atoms with Gasteiger partial charge in [0.05, 0.1) is 26.8 Å². The number of non-ortho nitro benzene ring substituents is 1. The van der Waals surface area contributed by atoms with E-state index in [2.05, 4.69) is 9.97 Å². The second-order valence-corrected chi connectivity index (χ2v) is 8.82. The molecule has 2 aromatic carbocycles. The maximum absolute atomic E-state index is 13.2. The number of nitro benzene ring substituents is 1. The van der Waals surface area contributed by atoms with Crippen molar-refractivity contribution in [2.45, 2.75) is 6.04 Å². The number of Topliss-reactive ketones (excluding diaryl/α,β-unsaturated/α-hetero) is 1. The van der Waals surface area contributed by atoms with Gasteiger partial charge in [-0.2, -0.15) is 0 Å². The second kappa shape index (κ2) is 8.32. The molecule has 0 spiro atoms. The van der Waals surface area contributed by atoms with Crippen molar-refractivity contribution in [3.05, 3.63) is 98.8 Å². The summed E-state index contributed by atoms with van der Waals surface area (Å²) in [4.78, 5) is 46.7. The van der Waals surface area contributed by atoms with Crippen LogP contribution in [0.1, 0.15) is 17.2 Å². The molecule has 0 saturated carbocycles. The number of carbonyl (C=O) groups excluding carboxylic acids is 2. The molecule has 34 heavy (non-hydrogen) atoms. The minimum Gasteiger partial charge on any atom is -0.507 e. The third-order valence-electron chi connectivity index (χ3n) is 5.32. The van der Waals surface area contributed by atoms with Gasteiger partial charge in [-0.25, -0.2) is 4.98 Å². The first-order valence-corrected chi connectivity index (χ1v) is 11.1. The third kappa shape index (κ3) is 3.58. The van der Waals surface area contributed by atoms with Crippen molar-refractivity contribution in [1.29, 1.82) is 0 Å². The molecule has 1 aliphatic rings. The Balaban J connectivity index is 1.71. The van der Waals surface area contributed by atoms with Gasteiger partial charge in [-0.05, 0) is 29.8 Å². The van der Waals surface area contributed by atoms with Gasteiger partial charge in [0.25, 0.3) is 11.5 Å². The monoisotopic (exact) mass is 492 g/mol. The Bertz CT molecular complexity index is 1520. The van der Waals surface area contributed by atoms with Gasteiger partial charge in [0.1, 0.15) is 5.76 Å². The Morgan fingerprint density at radius 1 is 1.15 bits per heavy atom. The predicted octanol–water partition coefficient (Wildman–Crippen LogP) is 4.88. The summed E-state index contributed by atoms with van der Waals surface area (Å²) >= 11 is 7.09. The second-order valence-electron chi connectivity index (χ2n) is 7.37. The molecule has 1 amide bonds. The maximum atomic E-state index is 13.2. The fraction of sp³-hybridized carbons (Fsp3) is 0.0435. The van der Waals surface area contributed by atoms with Crippen LogP contribution in [0.4, 0.5) is 10.8 Å². The molecule has 5 rings (SSSR count). The number of nitro groups is 1. The summed E-state index contributed by atoms with van der Waals surface area (Å²) in [6.07, 6.45) is 3.04. The van der Waals surface area contributed by atoms with E-state index in [1.807, 2.05) is 0 Å². The van der Waals surface area contributed by atoms with Crippen molar-refractivity contribution in [1.82, 2.24) is 9.97 Å². The Morgan fingerprint density at radius 3 is 2.68 bits per heavy atom. The summed E-state index contributed by atoms with van der Waals surface area (Å²) in [5.41, 5.74) is 0.946. The van der Waals surface area contributed by atoms with Crippen molar-refractivity contribution in [3.8, 4) is 0 Å². The zero-order valence-corrected chi connectivity index (χ0v) is 18.7. The smallest absolute Gasteiger partial charge is 0.301 e. The lowest BCUT2D eigenvalue weighted by molar-refractivity contribution is -0.384. The fourth-order valence-corrected chi connectivity index (χ4v) is 5.01. The average molecular weight is 493 g/mol. The summed E-state index contributed by atoms with van der Waals surface area (Å²) in [5.74, 6) is -2.16. The van der Waals surface area contributed by atoms with Gasteiger partial charge in [-0.1, -0.05) is 41.1 Å². The topological polar surface area (TPSA) is 127 Å². The van der Waals surface area contributed by atoms with E-state index in [1.54, 1.807) is 36.5 Å². The number of anilines is 1. The highest BCUT2D eigenvalue weighted by Crippen LogP contribution is 2.44. The van der Waals surface area contributed by atoms with Crippen LogP contribution in [0.25, 0.3) is 16.0 Å². The molecule has 0 radical (unpaired) electrons. The molecule has 1 atom stereocenters. The number of nitrogens with zero attached hydrogens (tertiary/aromatic N) is 4. The summed E-state index contributed by atoms with van der Waals surface area (Å²) in [5, 5.41) is 22.7. The number of benzene rings is 2. The summed E-state index contributed by atoms with van der Waals surface area (Å²) in [6, 6.07) is 12.8. The Labute approximate surface area is 200 Å². The van der Waals surface area contributed by atoms with Gasteiger partial charge in [-0.15, -0.1) is 0 Å². The van der Waals surface area contributed by atoms with Gasteiger partial charge in [0.2, 0.25) is 0 Å². The van der Waals surface area contributed by atoms with Crippen LogP contribution in [0.15, 0.2) is 72.6 Å². The SMILES string of the molecule is O=C1C(=O)N(c2nc3ccc([N+](=O)[O-])cc3s2)C(c2cccnc2)/C1=C(\O)c1cccc(Cl)c1. The van der Waals surface area contributed by atoms with E-state index in [1.165, 1.54) is 35.4 Å². The number of hydrogen-bond donors (Lipinski definition) is 1. The third-order valence-corrected chi connectivity index (χ3v) is 6.57. The summed E-state index contributed by atoms with van der Waals surface area (Å²) in [7, 11) is 0. The van der Waals surface area contributed by atoms with Gasteiger partial charge in [-0.3, -0.25) is 29.6 Å². The highest BCUT2D eigenvalue weighted by atomic mass is 35.5. The minimum atomic E-state index is -1.01. The van der Waals surface area contributed by atoms with Gasteiger partial charge in [0.15, 0.2) is 5.13 Å².